The second kappa shape index (κ2) is 15.0. The Morgan fingerprint density at radius 1 is 0.935 bits per heavy atom. The highest BCUT2D eigenvalue weighted by atomic mass is 28.3. The zero-order chi connectivity index (χ0) is 34.4. The summed E-state index contributed by atoms with van der Waals surface area (Å²) in [4.78, 5) is 72.4. The molecule has 0 bridgehead atoms. The minimum atomic E-state index is -2.26. The van der Waals surface area contributed by atoms with Gasteiger partial charge in [0.25, 0.3) is 11.7 Å². The predicted octanol–water partition coefficient (Wildman–Crippen LogP) is 4.57. The molecule has 1 aliphatic heterocycles. The second-order valence-corrected chi connectivity index (χ2v) is 15.2. The summed E-state index contributed by atoms with van der Waals surface area (Å²) in [5.74, 6) is -4.54. The molecular formula is C35H46N3O7Si. The first-order chi connectivity index (χ1) is 21.5. The molecule has 11 heteroatoms. The molecule has 1 radical (unpaired) electrons. The highest BCUT2D eigenvalue weighted by molar-refractivity contribution is 6.48. The number of carbonyl (C=O) groups excluding carboxylic acids is 5. The van der Waals surface area contributed by atoms with Crippen LogP contribution in [0.2, 0.25) is 13.1 Å². The van der Waals surface area contributed by atoms with Crippen LogP contribution >= 0.6 is 0 Å². The van der Waals surface area contributed by atoms with Crippen LogP contribution in [-0.4, -0.2) is 72.7 Å². The molecule has 0 saturated heterocycles. The fraction of sp³-hybridized carbons (Fsp3) is 0.457. The van der Waals surface area contributed by atoms with E-state index in [1.807, 2.05) is 33.9 Å². The van der Waals surface area contributed by atoms with Crippen molar-refractivity contribution in [1.29, 1.82) is 0 Å². The van der Waals surface area contributed by atoms with Crippen molar-refractivity contribution in [2.24, 2.45) is 11.3 Å². The van der Waals surface area contributed by atoms with E-state index in [1.165, 1.54) is 29.8 Å². The smallest absolute Gasteiger partial charge is 0.379 e. The van der Waals surface area contributed by atoms with Crippen LogP contribution in [0.3, 0.4) is 0 Å². The van der Waals surface area contributed by atoms with Gasteiger partial charge in [-0.1, -0.05) is 81.4 Å². The quantitative estimate of drug-likeness (QED) is 0.203. The Hall–Kier alpha value is -4.09. The number of nitrogens with one attached hydrogen (secondary N) is 1. The third-order valence-electron chi connectivity index (χ3n) is 7.72. The van der Waals surface area contributed by atoms with Gasteiger partial charge in [0.05, 0.1) is 11.8 Å². The van der Waals surface area contributed by atoms with Gasteiger partial charge in [-0.25, -0.2) is 4.79 Å². The molecule has 0 saturated carbocycles. The number of hydrogen-bond acceptors (Lipinski definition) is 7. The van der Waals surface area contributed by atoms with Crippen LogP contribution in [0.4, 0.5) is 0 Å². The maximum absolute atomic E-state index is 15.3. The average molecular weight is 649 g/mol. The highest BCUT2D eigenvalue weighted by Crippen LogP contribution is 2.41. The Bertz CT molecular complexity index is 1450. The van der Waals surface area contributed by atoms with E-state index < -0.39 is 67.7 Å². The summed E-state index contributed by atoms with van der Waals surface area (Å²) in [6.45, 7) is 15.8. The van der Waals surface area contributed by atoms with Crippen LogP contribution in [0, 0.1) is 11.3 Å². The molecule has 0 aliphatic carbocycles. The molecule has 1 aliphatic rings. The highest BCUT2D eigenvalue weighted by Gasteiger charge is 2.57. The lowest BCUT2D eigenvalue weighted by atomic mass is 9.74. The van der Waals surface area contributed by atoms with Crippen molar-refractivity contribution < 1.29 is 33.1 Å². The van der Waals surface area contributed by atoms with Gasteiger partial charge in [-0.2, -0.15) is 0 Å². The number of esters is 1. The first-order valence-electron chi connectivity index (χ1n) is 15.4. The lowest BCUT2D eigenvalue weighted by Crippen LogP contribution is -2.73. The SMILES string of the molecule is CC(=O)N[C@](Cc1ccccc1)(C(=O)C(=O)OC(C)C)N1C(=O)C(C(CO[Si](C)C)C(C)(C)C)N(C(C)=O)C=C1c1ccccc1. The lowest BCUT2D eigenvalue weighted by Gasteiger charge is -2.51. The van der Waals surface area contributed by atoms with Crippen molar-refractivity contribution in [1.82, 2.24) is 15.1 Å². The Morgan fingerprint density at radius 2 is 1.50 bits per heavy atom. The van der Waals surface area contributed by atoms with Gasteiger partial charge < -0.3 is 19.4 Å². The number of hydrogen-bond donors (Lipinski definition) is 1. The molecule has 0 spiro atoms. The summed E-state index contributed by atoms with van der Waals surface area (Å²) in [7, 11) is -1.18. The summed E-state index contributed by atoms with van der Waals surface area (Å²) in [5, 5.41) is 2.73. The molecule has 2 aromatic rings. The molecule has 1 heterocycles. The number of carbonyl (C=O) groups is 5. The maximum Gasteiger partial charge on any atom is 0.379 e. The normalized spacial score (nSPS) is 17.3. The summed E-state index contributed by atoms with van der Waals surface area (Å²) < 4.78 is 11.5. The molecular weight excluding hydrogens is 602 g/mol. The number of benzene rings is 2. The van der Waals surface area contributed by atoms with Gasteiger partial charge >= 0.3 is 5.97 Å². The van der Waals surface area contributed by atoms with E-state index in [0.717, 1.165) is 0 Å². The molecule has 247 valence electrons. The molecule has 3 atom stereocenters. The van der Waals surface area contributed by atoms with Gasteiger partial charge in [0.2, 0.25) is 20.9 Å². The van der Waals surface area contributed by atoms with E-state index in [-0.39, 0.29) is 18.7 Å². The van der Waals surface area contributed by atoms with E-state index in [2.05, 4.69) is 5.32 Å². The fourth-order valence-corrected chi connectivity index (χ4v) is 6.12. The number of amides is 3. The summed E-state index contributed by atoms with van der Waals surface area (Å²) in [5.41, 5.74) is -1.58. The fourth-order valence-electron chi connectivity index (χ4n) is 5.61. The maximum atomic E-state index is 15.3. The van der Waals surface area contributed by atoms with Gasteiger partial charge in [-0.15, -0.1) is 0 Å². The Labute approximate surface area is 273 Å². The third kappa shape index (κ3) is 8.38. The van der Waals surface area contributed by atoms with Crippen molar-refractivity contribution >= 4 is 44.2 Å². The van der Waals surface area contributed by atoms with E-state index in [4.69, 9.17) is 9.16 Å². The molecule has 1 N–H and O–H groups in total. The first-order valence-corrected chi connectivity index (χ1v) is 17.8. The Balaban J connectivity index is 2.47. The van der Waals surface area contributed by atoms with Crippen molar-refractivity contribution in [2.75, 3.05) is 6.61 Å². The van der Waals surface area contributed by atoms with E-state index in [9.17, 15) is 19.2 Å². The molecule has 46 heavy (non-hydrogen) atoms. The zero-order valence-corrected chi connectivity index (χ0v) is 29.2. The largest absolute Gasteiger partial charge is 0.457 e. The number of nitrogens with zero attached hydrogens (tertiary/aromatic N) is 2. The minimum Gasteiger partial charge on any atom is -0.457 e. The van der Waals surface area contributed by atoms with E-state index in [1.54, 1.807) is 74.5 Å². The Morgan fingerprint density at radius 3 is 1.98 bits per heavy atom. The molecule has 3 amide bonds. The minimum absolute atomic E-state index is 0.164. The Kier molecular flexibility index (Phi) is 11.9. The molecule has 3 rings (SSSR count). The number of rotatable bonds is 12. The summed E-state index contributed by atoms with van der Waals surface area (Å²) in [6, 6.07) is 16.5. The van der Waals surface area contributed by atoms with Crippen molar-refractivity contribution in [3.8, 4) is 0 Å². The average Bonchev–Trinajstić information content (AvgIpc) is 2.96. The van der Waals surface area contributed by atoms with E-state index in [0.29, 0.717) is 11.1 Å². The zero-order valence-electron chi connectivity index (χ0n) is 28.2. The van der Waals surface area contributed by atoms with Gasteiger partial charge in [-0.05, 0) is 43.5 Å². The van der Waals surface area contributed by atoms with Crippen LogP contribution in [0.5, 0.6) is 0 Å². The van der Waals surface area contributed by atoms with Gasteiger partial charge in [-0.3, -0.25) is 24.1 Å². The summed E-state index contributed by atoms with van der Waals surface area (Å²) in [6.07, 6.45) is 0.636. The predicted molar refractivity (Wildman–Crippen MR) is 177 cm³/mol. The third-order valence-corrected chi connectivity index (χ3v) is 8.47. The number of ether oxygens (including phenoxy) is 1. The van der Waals surface area contributed by atoms with Crippen LogP contribution in [-0.2, 0) is 39.6 Å². The van der Waals surface area contributed by atoms with Crippen LogP contribution in [0.1, 0.15) is 59.6 Å². The number of ketones is 1. The van der Waals surface area contributed by atoms with Crippen LogP contribution < -0.4 is 5.32 Å². The molecule has 2 unspecified atom stereocenters. The lowest BCUT2D eigenvalue weighted by molar-refractivity contribution is -0.167. The van der Waals surface area contributed by atoms with Gasteiger partial charge in [0.15, 0.2) is 5.66 Å². The van der Waals surface area contributed by atoms with Crippen LogP contribution in [0.25, 0.3) is 5.70 Å². The molecule has 0 fully saturated rings. The molecule has 0 aromatic heterocycles. The first kappa shape index (κ1) is 36.4. The second-order valence-electron chi connectivity index (χ2n) is 13.1. The van der Waals surface area contributed by atoms with Crippen molar-refractivity contribution in [3.63, 3.8) is 0 Å². The topological polar surface area (TPSA) is 122 Å². The number of Topliss-reactive ketones (excluding diaryl/α,β-unsaturated/α-hetero) is 1. The van der Waals surface area contributed by atoms with Gasteiger partial charge in [0, 0.05) is 39.0 Å². The van der Waals surface area contributed by atoms with Crippen LogP contribution in [0.15, 0.2) is 66.9 Å². The van der Waals surface area contributed by atoms with Crippen molar-refractivity contribution in [2.45, 2.75) is 85.8 Å². The van der Waals surface area contributed by atoms with Crippen molar-refractivity contribution in [3.05, 3.63) is 78.0 Å². The molecule has 10 nitrogen and oxygen atoms in total. The molecule has 2 aromatic carbocycles. The van der Waals surface area contributed by atoms with E-state index >= 15 is 4.79 Å². The van der Waals surface area contributed by atoms with Gasteiger partial charge in [0.1, 0.15) is 6.04 Å². The summed E-state index contributed by atoms with van der Waals surface area (Å²) >= 11 is 0. The monoisotopic (exact) mass is 648 g/mol. The standard InChI is InChI=1S/C35H46N3O7Si/c1-23(2)45-33(43)31(41)35(36-24(3)39,20-26-16-12-10-13-17-26)38-29(27-18-14-11-15-19-27)21-37(25(4)40)30(32(38)42)28(34(5,6)7)22-44-46(8)9/h10-19,21,23,28,30H,20,22H2,1-9H3,(H,36,39)/t28?,30?,35-/m0/s1.